The zero-order valence-electron chi connectivity index (χ0n) is 5.37. The lowest BCUT2D eigenvalue weighted by molar-refractivity contribution is 0.473. The molecular weight excluding hydrogens is 154 g/mol. The molecule has 0 radical (unpaired) electrons. The van der Waals surface area contributed by atoms with Crippen LogP contribution < -0.4 is 4.72 Å². The number of rotatable bonds is 2. The van der Waals surface area contributed by atoms with E-state index in [1.54, 1.807) is 6.08 Å². The fourth-order valence-corrected chi connectivity index (χ4v) is 1.45. The van der Waals surface area contributed by atoms with Gasteiger partial charge in [0.2, 0.25) is 0 Å². The third-order valence-electron chi connectivity index (χ3n) is 1.30. The van der Waals surface area contributed by atoms with E-state index in [9.17, 15) is 8.42 Å². The maximum Gasteiger partial charge on any atom is 0.357 e. The molecule has 0 aliphatic heterocycles. The van der Waals surface area contributed by atoms with Gasteiger partial charge in [-0.3, -0.25) is 9.27 Å². The van der Waals surface area contributed by atoms with Gasteiger partial charge in [-0.25, -0.2) is 0 Å². The molecule has 10 heavy (non-hydrogen) atoms. The van der Waals surface area contributed by atoms with E-state index in [-0.39, 0.29) is 0 Å². The van der Waals surface area contributed by atoms with Crippen molar-refractivity contribution in [3.8, 4) is 0 Å². The monoisotopic (exact) mass is 163 g/mol. The summed E-state index contributed by atoms with van der Waals surface area (Å²) in [5.41, 5.74) is 0.600. The molecule has 1 rings (SSSR count). The topological polar surface area (TPSA) is 66.4 Å². The molecule has 0 bridgehead atoms. The minimum absolute atomic E-state index is 0.600. The highest BCUT2D eigenvalue weighted by Gasteiger charge is 2.09. The molecule has 1 aliphatic rings. The first-order chi connectivity index (χ1) is 4.58. The molecule has 0 fully saturated rings. The molecule has 0 amide bonds. The molecule has 58 valence electrons. The van der Waals surface area contributed by atoms with Gasteiger partial charge < -0.3 is 0 Å². The SMILES string of the molecule is O=S(=O)(O)NC1=CCCC1. The van der Waals surface area contributed by atoms with Crippen LogP contribution in [0.25, 0.3) is 0 Å². The Bertz CT molecular complexity index is 242. The van der Waals surface area contributed by atoms with Gasteiger partial charge >= 0.3 is 10.3 Å². The van der Waals surface area contributed by atoms with Gasteiger partial charge in [-0.15, -0.1) is 0 Å². The van der Waals surface area contributed by atoms with E-state index in [1.165, 1.54) is 0 Å². The van der Waals surface area contributed by atoms with Crippen LogP contribution >= 0.6 is 0 Å². The predicted molar refractivity (Wildman–Crippen MR) is 36.6 cm³/mol. The Morgan fingerprint density at radius 3 is 2.70 bits per heavy atom. The average molecular weight is 163 g/mol. The molecule has 0 saturated carbocycles. The van der Waals surface area contributed by atoms with E-state index in [0.29, 0.717) is 12.1 Å². The summed E-state index contributed by atoms with van der Waals surface area (Å²) in [6.07, 6.45) is 4.32. The zero-order valence-corrected chi connectivity index (χ0v) is 6.19. The minimum atomic E-state index is -4.03. The highest BCUT2D eigenvalue weighted by Crippen LogP contribution is 2.14. The molecule has 0 atom stereocenters. The molecule has 0 spiro atoms. The van der Waals surface area contributed by atoms with Crippen LogP contribution in [0.2, 0.25) is 0 Å². The summed E-state index contributed by atoms with van der Waals surface area (Å²) < 4.78 is 30.7. The maximum atomic E-state index is 10.2. The molecule has 1 aliphatic carbocycles. The van der Waals surface area contributed by atoms with Crippen LogP contribution in [-0.2, 0) is 10.3 Å². The van der Waals surface area contributed by atoms with Gasteiger partial charge in [0.05, 0.1) is 0 Å². The number of allylic oxidation sites excluding steroid dienone is 2. The summed E-state index contributed by atoms with van der Waals surface area (Å²) in [7, 11) is -4.03. The van der Waals surface area contributed by atoms with E-state index in [0.717, 1.165) is 12.8 Å². The number of hydrogen-bond donors (Lipinski definition) is 2. The van der Waals surface area contributed by atoms with Crippen LogP contribution in [0, 0.1) is 0 Å². The zero-order chi connectivity index (χ0) is 7.61. The second-order valence-electron chi connectivity index (χ2n) is 2.20. The van der Waals surface area contributed by atoms with E-state index in [4.69, 9.17) is 4.55 Å². The quantitative estimate of drug-likeness (QED) is 0.581. The van der Waals surface area contributed by atoms with Crippen molar-refractivity contribution in [3.63, 3.8) is 0 Å². The van der Waals surface area contributed by atoms with Gasteiger partial charge in [-0.1, -0.05) is 6.08 Å². The van der Waals surface area contributed by atoms with Gasteiger partial charge in [-0.05, 0) is 19.3 Å². The highest BCUT2D eigenvalue weighted by molar-refractivity contribution is 7.83. The summed E-state index contributed by atoms with van der Waals surface area (Å²) in [6.45, 7) is 0. The van der Waals surface area contributed by atoms with Gasteiger partial charge in [-0.2, -0.15) is 8.42 Å². The Hall–Kier alpha value is -0.550. The van der Waals surface area contributed by atoms with Crippen LogP contribution in [0.3, 0.4) is 0 Å². The molecule has 0 aromatic carbocycles. The Morgan fingerprint density at radius 2 is 2.30 bits per heavy atom. The van der Waals surface area contributed by atoms with Crippen molar-refractivity contribution in [2.24, 2.45) is 0 Å². The second kappa shape index (κ2) is 2.59. The fraction of sp³-hybridized carbons (Fsp3) is 0.600. The smallest absolute Gasteiger partial charge is 0.269 e. The molecule has 0 aromatic rings. The summed E-state index contributed by atoms with van der Waals surface area (Å²) in [5, 5.41) is 0. The van der Waals surface area contributed by atoms with Crippen molar-refractivity contribution in [3.05, 3.63) is 11.8 Å². The van der Waals surface area contributed by atoms with E-state index < -0.39 is 10.3 Å². The lowest BCUT2D eigenvalue weighted by Crippen LogP contribution is -2.20. The minimum Gasteiger partial charge on any atom is -0.269 e. The largest absolute Gasteiger partial charge is 0.357 e. The standard InChI is InChI=1S/C5H9NO3S/c7-10(8,9)6-5-3-1-2-4-5/h3,6H,1-2,4H2,(H,7,8,9). The molecule has 4 nitrogen and oxygen atoms in total. The van der Waals surface area contributed by atoms with Crippen molar-refractivity contribution in [2.75, 3.05) is 0 Å². The molecule has 0 unspecified atom stereocenters. The molecule has 5 heteroatoms. The summed E-state index contributed by atoms with van der Waals surface area (Å²) in [4.78, 5) is 0. The number of hydrogen-bond acceptors (Lipinski definition) is 2. The predicted octanol–water partition coefficient (Wildman–Crippen LogP) is 0.447. The fourth-order valence-electron chi connectivity index (χ4n) is 0.929. The van der Waals surface area contributed by atoms with Crippen LogP contribution in [0.15, 0.2) is 11.8 Å². The Kier molecular flexibility index (Phi) is 1.96. The van der Waals surface area contributed by atoms with Crippen LogP contribution in [0.1, 0.15) is 19.3 Å². The average Bonchev–Trinajstić information content (AvgIpc) is 2.12. The van der Waals surface area contributed by atoms with Crippen LogP contribution in [0.5, 0.6) is 0 Å². The molecule has 0 saturated heterocycles. The summed E-state index contributed by atoms with van der Waals surface area (Å²) in [5.74, 6) is 0. The second-order valence-corrected chi connectivity index (χ2v) is 3.35. The van der Waals surface area contributed by atoms with Gasteiger partial charge in [0.1, 0.15) is 0 Å². The lowest BCUT2D eigenvalue weighted by atomic mass is 10.3. The highest BCUT2D eigenvalue weighted by atomic mass is 32.2. The van der Waals surface area contributed by atoms with Gasteiger partial charge in [0.15, 0.2) is 0 Å². The number of nitrogens with one attached hydrogen (secondary N) is 1. The van der Waals surface area contributed by atoms with E-state index in [2.05, 4.69) is 0 Å². The first-order valence-electron chi connectivity index (χ1n) is 3.02. The molecule has 0 aromatic heterocycles. The van der Waals surface area contributed by atoms with Crippen molar-refractivity contribution in [2.45, 2.75) is 19.3 Å². The Morgan fingerprint density at radius 1 is 1.60 bits per heavy atom. The molecular formula is C5H9NO3S. The first kappa shape index (κ1) is 7.56. The van der Waals surface area contributed by atoms with Crippen molar-refractivity contribution in [1.29, 1.82) is 0 Å². The van der Waals surface area contributed by atoms with Crippen molar-refractivity contribution < 1.29 is 13.0 Å². The molecule has 2 N–H and O–H groups in total. The lowest BCUT2D eigenvalue weighted by Gasteiger charge is -2.00. The van der Waals surface area contributed by atoms with Crippen molar-refractivity contribution >= 4 is 10.3 Å². The summed E-state index contributed by atoms with van der Waals surface area (Å²) >= 11 is 0. The van der Waals surface area contributed by atoms with Gasteiger partial charge in [0, 0.05) is 5.70 Å². The van der Waals surface area contributed by atoms with Crippen LogP contribution in [0.4, 0.5) is 0 Å². The third kappa shape index (κ3) is 2.36. The summed E-state index contributed by atoms with van der Waals surface area (Å²) in [6, 6.07) is 0. The van der Waals surface area contributed by atoms with Crippen LogP contribution in [-0.4, -0.2) is 13.0 Å². The maximum absolute atomic E-state index is 10.2. The normalized spacial score (nSPS) is 18.7. The van der Waals surface area contributed by atoms with E-state index >= 15 is 0 Å². The molecule has 0 heterocycles. The van der Waals surface area contributed by atoms with Gasteiger partial charge in [0.25, 0.3) is 0 Å². The van der Waals surface area contributed by atoms with E-state index in [1.807, 2.05) is 4.72 Å². The Balaban J connectivity index is 2.54. The first-order valence-corrected chi connectivity index (χ1v) is 4.46. The Labute approximate surface area is 59.8 Å². The third-order valence-corrected chi connectivity index (χ3v) is 1.82. The van der Waals surface area contributed by atoms with Crippen molar-refractivity contribution in [1.82, 2.24) is 4.72 Å².